The van der Waals surface area contributed by atoms with E-state index in [4.69, 9.17) is 5.73 Å². The van der Waals surface area contributed by atoms with Crippen molar-refractivity contribution in [2.45, 2.75) is 17.7 Å². The molecule has 1 aliphatic heterocycles. The molecule has 2 N–H and O–H groups in total. The topological polar surface area (TPSA) is 76.3 Å². The van der Waals surface area contributed by atoms with Crippen LogP contribution in [0.3, 0.4) is 0 Å². The summed E-state index contributed by atoms with van der Waals surface area (Å²) >= 11 is 0. The summed E-state index contributed by atoms with van der Waals surface area (Å²) in [5.41, 5.74) is 5.61. The minimum Gasteiger partial charge on any atom is -0.330 e. The van der Waals surface area contributed by atoms with Crippen molar-refractivity contribution < 1.29 is 8.42 Å². The molecule has 1 saturated heterocycles. The van der Waals surface area contributed by atoms with E-state index in [2.05, 4.69) is 4.98 Å². The van der Waals surface area contributed by atoms with Crippen LogP contribution in [-0.4, -0.2) is 37.3 Å². The molecule has 19 heavy (non-hydrogen) atoms. The molecule has 1 fully saturated rings. The molecule has 1 aliphatic rings. The number of aromatic nitrogens is 1. The maximum absolute atomic E-state index is 12.3. The molecule has 1 aromatic heterocycles. The molecule has 1 aromatic rings. The molecule has 8 heteroatoms. The molecule has 0 aromatic carbocycles. The Bertz CT molecular complexity index is 470. The first-order chi connectivity index (χ1) is 8.14. The number of halogens is 2. The van der Waals surface area contributed by atoms with Crippen LogP contribution in [0.25, 0.3) is 0 Å². The van der Waals surface area contributed by atoms with Crippen molar-refractivity contribution >= 4 is 34.8 Å². The Hall–Kier alpha value is -0.400. The molecule has 0 saturated carbocycles. The summed E-state index contributed by atoms with van der Waals surface area (Å²) < 4.78 is 26.1. The number of piperidine rings is 1. The lowest BCUT2D eigenvalue weighted by Crippen LogP contribution is -2.41. The predicted molar refractivity (Wildman–Crippen MR) is 79.3 cm³/mol. The van der Waals surface area contributed by atoms with Crippen LogP contribution in [0.5, 0.6) is 0 Å². The summed E-state index contributed by atoms with van der Waals surface area (Å²) in [6.45, 7) is 1.64. The Kier molecular flexibility index (Phi) is 7.85. The lowest BCUT2D eigenvalue weighted by molar-refractivity contribution is 0.271. The summed E-state index contributed by atoms with van der Waals surface area (Å²) in [4.78, 5) is 4.12. The quantitative estimate of drug-likeness (QED) is 0.907. The van der Waals surface area contributed by atoms with Gasteiger partial charge in [0.05, 0.1) is 0 Å². The molecule has 2 heterocycles. The van der Waals surface area contributed by atoms with Gasteiger partial charge in [-0.15, -0.1) is 24.8 Å². The van der Waals surface area contributed by atoms with Gasteiger partial charge >= 0.3 is 0 Å². The fraction of sp³-hybridized carbons (Fsp3) is 0.545. The fourth-order valence-electron chi connectivity index (χ4n) is 2.09. The van der Waals surface area contributed by atoms with Gasteiger partial charge in [0.1, 0.15) is 4.90 Å². The van der Waals surface area contributed by atoms with Gasteiger partial charge in [0.15, 0.2) is 0 Å². The zero-order chi connectivity index (χ0) is 12.3. The van der Waals surface area contributed by atoms with Crippen LogP contribution in [0.1, 0.15) is 12.8 Å². The third-order valence-electron chi connectivity index (χ3n) is 3.09. The van der Waals surface area contributed by atoms with Gasteiger partial charge in [-0.1, -0.05) is 0 Å². The monoisotopic (exact) mass is 327 g/mol. The van der Waals surface area contributed by atoms with Crippen molar-refractivity contribution in [3.63, 3.8) is 0 Å². The second kappa shape index (κ2) is 8.01. The highest BCUT2D eigenvalue weighted by molar-refractivity contribution is 7.89. The van der Waals surface area contributed by atoms with E-state index < -0.39 is 10.0 Å². The zero-order valence-electron chi connectivity index (χ0n) is 10.4. The number of sulfonamides is 1. The van der Waals surface area contributed by atoms with E-state index in [1.54, 1.807) is 18.3 Å². The average molecular weight is 328 g/mol. The van der Waals surface area contributed by atoms with Gasteiger partial charge in [0.2, 0.25) is 10.0 Å². The summed E-state index contributed by atoms with van der Waals surface area (Å²) in [7, 11) is -3.39. The molecule has 110 valence electrons. The molecule has 0 radical (unpaired) electrons. The van der Waals surface area contributed by atoms with E-state index in [0.29, 0.717) is 19.6 Å². The zero-order valence-corrected chi connectivity index (χ0v) is 12.9. The van der Waals surface area contributed by atoms with Crippen molar-refractivity contribution in [3.05, 3.63) is 24.5 Å². The average Bonchev–Trinajstić information content (AvgIpc) is 2.40. The number of rotatable bonds is 3. The highest BCUT2D eigenvalue weighted by Gasteiger charge is 2.29. The van der Waals surface area contributed by atoms with Crippen LogP contribution in [0, 0.1) is 5.92 Å². The Morgan fingerprint density at radius 1 is 1.42 bits per heavy atom. The third kappa shape index (κ3) is 4.29. The number of nitrogens with two attached hydrogens (primary N) is 1. The van der Waals surface area contributed by atoms with Gasteiger partial charge in [-0.3, -0.25) is 4.98 Å². The molecule has 0 aliphatic carbocycles. The van der Waals surface area contributed by atoms with Gasteiger partial charge in [-0.05, 0) is 37.4 Å². The maximum atomic E-state index is 12.3. The van der Waals surface area contributed by atoms with E-state index in [-0.39, 0.29) is 35.6 Å². The third-order valence-corrected chi connectivity index (χ3v) is 4.94. The Morgan fingerprint density at radius 2 is 2.16 bits per heavy atom. The van der Waals surface area contributed by atoms with Gasteiger partial charge in [-0.2, -0.15) is 4.31 Å². The molecule has 0 unspecified atom stereocenters. The number of hydrogen-bond acceptors (Lipinski definition) is 4. The summed E-state index contributed by atoms with van der Waals surface area (Å²) in [6, 6.07) is 3.21. The number of pyridine rings is 1. The summed E-state index contributed by atoms with van der Waals surface area (Å²) in [5, 5.41) is 0. The van der Waals surface area contributed by atoms with Crippen molar-refractivity contribution in [3.8, 4) is 0 Å². The smallest absolute Gasteiger partial charge is 0.244 e. The molecule has 0 amide bonds. The van der Waals surface area contributed by atoms with Crippen LogP contribution in [-0.2, 0) is 10.0 Å². The van der Waals surface area contributed by atoms with Crippen LogP contribution >= 0.6 is 24.8 Å². The Balaban J connectivity index is 0.00000162. The lowest BCUT2D eigenvalue weighted by atomic mass is 10.0. The normalized spacial score (nSPS) is 20.2. The highest BCUT2D eigenvalue weighted by atomic mass is 35.5. The van der Waals surface area contributed by atoms with Crippen molar-refractivity contribution in [2.24, 2.45) is 11.7 Å². The first-order valence-electron chi connectivity index (χ1n) is 5.75. The first kappa shape index (κ1) is 18.6. The van der Waals surface area contributed by atoms with Crippen LogP contribution in [0.2, 0.25) is 0 Å². The van der Waals surface area contributed by atoms with Gasteiger partial charge in [0.25, 0.3) is 0 Å². The molecular formula is C11H19Cl2N3O2S. The second-order valence-corrected chi connectivity index (χ2v) is 6.23. The number of hydrogen-bond donors (Lipinski definition) is 1. The summed E-state index contributed by atoms with van der Waals surface area (Å²) in [5.74, 6) is 0.273. The SMILES string of the molecule is Cl.Cl.NC[C@@H]1CCCN(S(=O)(=O)c2cccnc2)C1. The molecular weight excluding hydrogens is 309 g/mol. The minimum absolute atomic E-state index is 0. The number of nitrogens with zero attached hydrogens (tertiary/aromatic N) is 2. The van der Waals surface area contributed by atoms with Gasteiger partial charge in [0, 0.05) is 25.5 Å². The van der Waals surface area contributed by atoms with E-state index in [1.807, 2.05) is 0 Å². The van der Waals surface area contributed by atoms with E-state index >= 15 is 0 Å². The van der Waals surface area contributed by atoms with E-state index in [0.717, 1.165) is 12.8 Å². The molecule has 0 spiro atoms. The highest BCUT2D eigenvalue weighted by Crippen LogP contribution is 2.22. The largest absolute Gasteiger partial charge is 0.330 e. The Labute approximate surface area is 126 Å². The van der Waals surface area contributed by atoms with Crippen molar-refractivity contribution in [2.75, 3.05) is 19.6 Å². The van der Waals surface area contributed by atoms with Crippen molar-refractivity contribution in [1.29, 1.82) is 0 Å². The van der Waals surface area contributed by atoms with Gasteiger partial charge in [-0.25, -0.2) is 8.42 Å². The molecule has 2 rings (SSSR count). The van der Waals surface area contributed by atoms with Gasteiger partial charge < -0.3 is 5.73 Å². The molecule has 5 nitrogen and oxygen atoms in total. The minimum atomic E-state index is -3.39. The lowest BCUT2D eigenvalue weighted by Gasteiger charge is -2.31. The standard InChI is InChI=1S/C11H17N3O2S.2ClH/c12-7-10-3-2-6-14(9-10)17(15,16)11-4-1-5-13-8-11;;/h1,4-5,8,10H,2-3,6-7,9,12H2;2*1H/t10-;;/m0../s1. The van der Waals surface area contributed by atoms with E-state index in [9.17, 15) is 8.42 Å². The first-order valence-corrected chi connectivity index (χ1v) is 7.19. The fourth-order valence-corrected chi connectivity index (χ4v) is 3.61. The predicted octanol–water partition coefficient (Wildman–Crippen LogP) is 1.28. The molecule has 0 bridgehead atoms. The van der Waals surface area contributed by atoms with Crippen LogP contribution in [0.15, 0.2) is 29.4 Å². The Morgan fingerprint density at radius 3 is 2.74 bits per heavy atom. The molecule has 1 atom stereocenters. The van der Waals surface area contributed by atoms with Crippen LogP contribution < -0.4 is 5.73 Å². The van der Waals surface area contributed by atoms with Crippen LogP contribution in [0.4, 0.5) is 0 Å². The maximum Gasteiger partial charge on any atom is 0.244 e. The van der Waals surface area contributed by atoms with Crippen molar-refractivity contribution in [1.82, 2.24) is 9.29 Å². The van der Waals surface area contributed by atoms with E-state index in [1.165, 1.54) is 10.5 Å². The second-order valence-electron chi connectivity index (χ2n) is 4.30. The summed E-state index contributed by atoms with van der Waals surface area (Å²) in [6.07, 6.45) is 4.84.